The van der Waals surface area contributed by atoms with Gasteiger partial charge in [-0.15, -0.1) is 0 Å². The Hall–Kier alpha value is -2.33. The van der Waals surface area contributed by atoms with E-state index >= 15 is 0 Å². The fraction of sp³-hybridized carbons (Fsp3) is 0.739. The molecule has 0 heterocycles. The number of carbonyl (C=O) groups excluding carboxylic acids is 2. The number of unbranched alkanes of at least 4 members (excludes halogenated alkanes) is 17. The maximum absolute atomic E-state index is 12.6. The average molecular weight is 825 g/mol. The van der Waals surface area contributed by atoms with Gasteiger partial charge < -0.3 is 24.6 Å². The molecule has 0 spiro atoms. The Morgan fingerprint density at radius 2 is 0.930 bits per heavy atom. The topological polar surface area (TPSA) is 149 Å². The molecule has 0 saturated carbocycles. The number of ether oxygens (including phenoxy) is 2. The molecule has 0 bridgehead atoms. The van der Waals surface area contributed by atoms with Gasteiger partial charge in [0.15, 0.2) is 6.10 Å². The van der Waals surface area contributed by atoms with Gasteiger partial charge in [0.1, 0.15) is 12.7 Å². The highest BCUT2D eigenvalue weighted by Gasteiger charge is 2.27. The van der Waals surface area contributed by atoms with E-state index in [1.54, 1.807) is 0 Å². The van der Waals surface area contributed by atoms with Crippen LogP contribution in [0.4, 0.5) is 0 Å². The van der Waals surface area contributed by atoms with Crippen molar-refractivity contribution in [3.05, 3.63) is 60.8 Å². The third kappa shape index (κ3) is 41.6. The molecule has 3 atom stereocenters. The molecule has 0 aliphatic rings. The number of esters is 2. The number of allylic oxidation sites excluding steroid dienone is 10. The lowest BCUT2D eigenvalue weighted by atomic mass is 10.1. The molecule has 0 radical (unpaired) electrons. The molecule has 0 aromatic rings. The summed E-state index contributed by atoms with van der Waals surface area (Å²) in [7, 11) is -4.64. The summed E-state index contributed by atoms with van der Waals surface area (Å²) in [6, 6.07) is 0. The average Bonchev–Trinajstić information content (AvgIpc) is 3.20. The van der Waals surface area contributed by atoms with E-state index in [1.807, 2.05) is 6.08 Å². The van der Waals surface area contributed by atoms with Gasteiger partial charge in [-0.1, -0.05) is 152 Å². The second-order valence-corrected chi connectivity index (χ2v) is 16.2. The van der Waals surface area contributed by atoms with E-state index in [4.69, 9.17) is 19.1 Å². The quantitative estimate of drug-likeness (QED) is 0.0235. The zero-order valence-electron chi connectivity index (χ0n) is 35.8. The van der Waals surface area contributed by atoms with Crippen LogP contribution in [0.2, 0.25) is 0 Å². The summed E-state index contributed by atoms with van der Waals surface area (Å²) in [6.07, 6.45) is 46.2. The SMILES string of the molecule is CCCCC/C=C/C/C=C/C/C=C/CCCCCCC(=O)OC[C@H](COP(=O)(O)OC[C@@H](O)CO)OC(=O)CCC/C=C/C/C=C/CCCCCCCCCCC. The number of hydrogen-bond donors (Lipinski definition) is 3. The van der Waals surface area contributed by atoms with E-state index in [9.17, 15) is 24.2 Å². The van der Waals surface area contributed by atoms with Crippen LogP contribution in [0.15, 0.2) is 60.8 Å². The number of phosphoric ester groups is 1. The van der Waals surface area contributed by atoms with Crippen LogP contribution in [0, 0.1) is 0 Å². The van der Waals surface area contributed by atoms with Gasteiger partial charge in [-0.05, 0) is 77.0 Å². The van der Waals surface area contributed by atoms with Gasteiger partial charge in [-0.3, -0.25) is 18.6 Å². The van der Waals surface area contributed by atoms with Crippen LogP contribution in [-0.2, 0) is 32.7 Å². The molecular formula is C46H81O10P. The standard InChI is InChI=1S/C46H81O10P/c1-3-5-7-9-11-13-15-17-19-21-23-25-27-29-31-33-35-37-45(49)53-41-44(42-55-57(51,52)54-40-43(48)39-47)56-46(50)38-36-34-32-30-28-26-24-22-20-18-16-14-12-10-8-6-4-2/h11,13,17,19,23-26,30,32,43-44,47-48H,3-10,12,14-16,18,20-22,27-29,31,33-42H2,1-2H3,(H,51,52)/b13-11+,19-17+,25-23+,26-24+,32-30+/t43-,44+/m0/s1. The highest BCUT2D eigenvalue weighted by atomic mass is 31.2. The number of phosphoric acid groups is 1. The van der Waals surface area contributed by atoms with Gasteiger partial charge >= 0.3 is 19.8 Å². The van der Waals surface area contributed by atoms with Gasteiger partial charge in [-0.2, -0.15) is 0 Å². The van der Waals surface area contributed by atoms with Crippen LogP contribution >= 0.6 is 7.82 Å². The molecule has 3 N–H and O–H groups in total. The summed E-state index contributed by atoms with van der Waals surface area (Å²) in [5, 5.41) is 18.3. The van der Waals surface area contributed by atoms with Crippen molar-refractivity contribution in [1.82, 2.24) is 0 Å². The largest absolute Gasteiger partial charge is 0.472 e. The lowest BCUT2D eigenvalue weighted by molar-refractivity contribution is -0.161. The molecule has 57 heavy (non-hydrogen) atoms. The maximum Gasteiger partial charge on any atom is 0.472 e. The van der Waals surface area contributed by atoms with Crippen LogP contribution < -0.4 is 0 Å². The van der Waals surface area contributed by atoms with Gasteiger partial charge in [0.2, 0.25) is 0 Å². The second-order valence-electron chi connectivity index (χ2n) is 14.7. The number of aliphatic hydroxyl groups is 2. The Morgan fingerprint density at radius 3 is 1.46 bits per heavy atom. The highest BCUT2D eigenvalue weighted by molar-refractivity contribution is 7.47. The first kappa shape index (κ1) is 54.7. The second kappa shape index (κ2) is 41.8. The van der Waals surface area contributed by atoms with Crippen LogP contribution in [0.3, 0.4) is 0 Å². The Kier molecular flexibility index (Phi) is 40.1. The van der Waals surface area contributed by atoms with Crippen molar-refractivity contribution in [3.63, 3.8) is 0 Å². The molecule has 11 heteroatoms. The molecule has 0 aromatic heterocycles. The fourth-order valence-corrected chi connectivity index (χ4v) is 6.48. The first-order valence-corrected chi connectivity index (χ1v) is 23.7. The lowest BCUT2D eigenvalue weighted by Crippen LogP contribution is -2.29. The summed E-state index contributed by atoms with van der Waals surface area (Å²) in [4.78, 5) is 35.0. The van der Waals surface area contributed by atoms with Crippen molar-refractivity contribution >= 4 is 19.8 Å². The first-order valence-electron chi connectivity index (χ1n) is 22.2. The molecule has 10 nitrogen and oxygen atoms in total. The fourth-order valence-electron chi connectivity index (χ4n) is 5.69. The number of hydrogen-bond acceptors (Lipinski definition) is 9. The molecule has 0 fully saturated rings. The van der Waals surface area contributed by atoms with Gasteiger partial charge in [0, 0.05) is 12.8 Å². The van der Waals surface area contributed by atoms with E-state index in [-0.39, 0.29) is 19.4 Å². The summed E-state index contributed by atoms with van der Waals surface area (Å²) < 4.78 is 32.7. The molecule has 0 amide bonds. The predicted octanol–water partition coefficient (Wildman–Crippen LogP) is 11.9. The smallest absolute Gasteiger partial charge is 0.462 e. The Labute approximate surface area is 346 Å². The first-order chi connectivity index (χ1) is 27.7. The molecule has 0 saturated heterocycles. The van der Waals surface area contributed by atoms with E-state index in [0.29, 0.717) is 19.3 Å². The van der Waals surface area contributed by atoms with Crippen molar-refractivity contribution < 1.29 is 47.8 Å². The Balaban J connectivity index is 4.40. The van der Waals surface area contributed by atoms with Gasteiger partial charge in [0.05, 0.1) is 19.8 Å². The van der Waals surface area contributed by atoms with E-state index in [1.165, 1.54) is 83.5 Å². The van der Waals surface area contributed by atoms with Crippen LogP contribution in [0.1, 0.15) is 181 Å². The third-order valence-corrected chi connectivity index (χ3v) is 10.1. The number of rotatable bonds is 41. The Morgan fingerprint density at radius 1 is 0.526 bits per heavy atom. The number of carbonyl (C=O) groups is 2. The minimum absolute atomic E-state index is 0.113. The van der Waals surface area contributed by atoms with Gasteiger partial charge in [0.25, 0.3) is 0 Å². The van der Waals surface area contributed by atoms with Gasteiger partial charge in [-0.25, -0.2) is 4.57 Å². The highest BCUT2D eigenvalue weighted by Crippen LogP contribution is 2.43. The molecule has 0 aromatic carbocycles. The summed E-state index contributed by atoms with van der Waals surface area (Å²) in [6.45, 7) is 2.28. The zero-order chi connectivity index (χ0) is 41.9. The molecule has 0 aliphatic heterocycles. The zero-order valence-corrected chi connectivity index (χ0v) is 36.7. The summed E-state index contributed by atoms with van der Waals surface area (Å²) in [5.41, 5.74) is 0. The summed E-state index contributed by atoms with van der Waals surface area (Å²) in [5.74, 6) is -1.01. The van der Waals surface area contributed by atoms with Crippen molar-refractivity contribution in [1.29, 1.82) is 0 Å². The summed E-state index contributed by atoms with van der Waals surface area (Å²) >= 11 is 0. The van der Waals surface area contributed by atoms with Crippen molar-refractivity contribution in [2.24, 2.45) is 0 Å². The van der Waals surface area contributed by atoms with Crippen LogP contribution in [-0.4, -0.2) is 65.7 Å². The maximum atomic E-state index is 12.6. The molecule has 0 aliphatic carbocycles. The number of aliphatic hydroxyl groups excluding tert-OH is 2. The minimum Gasteiger partial charge on any atom is -0.462 e. The normalized spacial score (nSPS) is 14.4. The lowest BCUT2D eigenvalue weighted by Gasteiger charge is -2.20. The molecule has 1 unspecified atom stereocenters. The van der Waals surface area contributed by atoms with Crippen LogP contribution in [0.5, 0.6) is 0 Å². The van der Waals surface area contributed by atoms with Crippen LogP contribution in [0.25, 0.3) is 0 Å². The van der Waals surface area contributed by atoms with Crippen molar-refractivity contribution in [2.75, 3.05) is 26.4 Å². The predicted molar refractivity (Wildman–Crippen MR) is 233 cm³/mol. The van der Waals surface area contributed by atoms with E-state index in [2.05, 4.69) is 73.1 Å². The van der Waals surface area contributed by atoms with E-state index in [0.717, 1.165) is 51.4 Å². The van der Waals surface area contributed by atoms with E-state index < -0.39 is 51.8 Å². The molecule has 0 rings (SSSR count). The Bertz CT molecular complexity index is 1130. The third-order valence-electron chi connectivity index (χ3n) is 9.14. The molecular weight excluding hydrogens is 743 g/mol. The minimum atomic E-state index is -4.64. The van der Waals surface area contributed by atoms with Crippen molar-refractivity contribution in [3.8, 4) is 0 Å². The monoisotopic (exact) mass is 825 g/mol. The van der Waals surface area contributed by atoms with Crippen molar-refractivity contribution in [2.45, 2.75) is 193 Å². The molecule has 330 valence electrons.